The Hall–Kier alpha value is -2.36. The van der Waals surface area contributed by atoms with E-state index in [1.54, 1.807) is 12.1 Å². The lowest BCUT2D eigenvalue weighted by Gasteiger charge is -2.44. The Morgan fingerprint density at radius 3 is 2.50 bits per heavy atom. The van der Waals surface area contributed by atoms with Crippen molar-refractivity contribution in [1.82, 2.24) is 15.5 Å². The van der Waals surface area contributed by atoms with Gasteiger partial charge in [0.05, 0.1) is 6.54 Å². The summed E-state index contributed by atoms with van der Waals surface area (Å²) in [4.78, 5) is 38.1. The number of carbonyl (C=O) groups is 3. The van der Waals surface area contributed by atoms with Crippen LogP contribution in [0.5, 0.6) is 0 Å². The van der Waals surface area contributed by atoms with Crippen LogP contribution in [-0.4, -0.2) is 53.9 Å². The third-order valence-corrected chi connectivity index (χ3v) is 8.74. The standard InChI is InChI=1S/C26H33BF3N3O3/c27-25(9-11-26(29,30)12-10-25)32-19-4-2-1-3-15(19)13-16-5-6-17-18(22(16)28)14-33(24(17)36)20-7-8-21(34)31-23(20)35/h5-6,15,19-20,32H,1-4,7-14,27H2,(H,31,34,35)/t15-,19+,20?/m1/s1. The van der Waals surface area contributed by atoms with Gasteiger partial charge in [0.2, 0.25) is 17.7 Å². The van der Waals surface area contributed by atoms with E-state index in [1.807, 2.05) is 7.85 Å². The third kappa shape index (κ3) is 4.93. The van der Waals surface area contributed by atoms with Crippen LogP contribution in [0.25, 0.3) is 0 Å². The normalized spacial score (nSPS) is 29.7. The Kier molecular flexibility index (Phi) is 6.68. The fourth-order valence-electron chi connectivity index (χ4n) is 6.49. The van der Waals surface area contributed by atoms with Crippen molar-refractivity contribution in [1.29, 1.82) is 0 Å². The van der Waals surface area contributed by atoms with E-state index in [2.05, 4.69) is 10.6 Å². The van der Waals surface area contributed by atoms with Gasteiger partial charge in [-0.2, -0.15) is 0 Å². The first-order chi connectivity index (χ1) is 17.1. The molecule has 3 fully saturated rings. The van der Waals surface area contributed by atoms with Gasteiger partial charge in [-0.3, -0.25) is 19.7 Å². The molecule has 1 unspecified atom stereocenters. The maximum absolute atomic E-state index is 15.7. The van der Waals surface area contributed by atoms with Gasteiger partial charge in [-0.15, -0.1) is 0 Å². The zero-order valence-corrected chi connectivity index (χ0v) is 20.7. The van der Waals surface area contributed by atoms with Crippen molar-refractivity contribution in [3.63, 3.8) is 0 Å². The van der Waals surface area contributed by atoms with Crippen molar-refractivity contribution in [3.05, 3.63) is 34.6 Å². The fourth-order valence-corrected chi connectivity index (χ4v) is 6.49. The first kappa shape index (κ1) is 25.3. The molecule has 2 aliphatic carbocycles. The van der Waals surface area contributed by atoms with Gasteiger partial charge >= 0.3 is 0 Å². The van der Waals surface area contributed by atoms with Gasteiger partial charge in [0.1, 0.15) is 19.7 Å². The van der Waals surface area contributed by atoms with Gasteiger partial charge in [0.25, 0.3) is 5.91 Å². The predicted molar refractivity (Wildman–Crippen MR) is 130 cm³/mol. The number of amides is 3. The van der Waals surface area contributed by atoms with E-state index in [9.17, 15) is 23.2 Å². The molecule has 4 aliphatic rings. The van der Waals surface area contributed by atoms with Crippen molar-refractivity contribution >= 4 is 25.6 Å². The summed E-state index contributed by atoms with van der Waals surface area (Å²) in [6.07, 6.45) is 5.51. The molecular formula is C26H33BF3N3O3. The highest BCUT2D eigenvalue weighted by atomic mass is 19.3. The molecule has 6 nitrogen and oxygen atoms in total. The molecule has 194 valence electrons. The highest BCUT2D eigenvalue weighted by Crippen LogP contribution is 2.39. The zero-order valence-electron chi connectivity index (χ0n) is 20.7. The number of hydrogen-bond acceptors (Lipinski definition) is 4. The monoisotopic (exact) mass is 503 g/mol. The molecule has 2 N–H and O–H groups in total. The number of piperidine rings is 1. The van der Waals surface area contributed by atoms with E-state index in [0.29, 0.717) is 30.4 Å². The summed E-state index contributed by atoms with van der Waals surface area (Å²) in [5.41, 5.74) is 0.789. The van der Waals surface area contributed by atoms with Crippen LogP contribution in [0.4, 0.5) is 13.2 Å². The van der Waals surface area contributed by atoms with Crippen molar-refractivity contribution in [2.45, 2.75) is 101 Å². The summed E-state index contributed by atoms with van der Waals surface area (Å²) in [5, 5.41) is 5.96. The van der Waals surface area contributed by atoms with Gasteiger partial charge in [-0.1, -0.05) is 18.9 Å². The molecule has 3 amide bonds. The second-order valence-corrected chi connectivity index (χ2v) is 11.4. The summed E-state index contributed by atoms with van der Waals surface area (Å²) >= 11 is 0. The maximum Gasteiger partial charge on any atom is 0.255 e. The Labute approximate surface area is 210 Å². The highest BCUT2D eigenvalue weighted by molar-refractivity contribution is 6.15. The lowest BCUT2D eigenvalue weighted by molar-refractivity contribution is -0.136. The minimum Gasteiger partial charge on any atom is -0.322 e. The van der Waals surface area contributed by atoms with Crippen LogP contribution in [0, 0.1) is 11.7 Å². The summed E-state index contributed by atoms with van der Waals surface area (Å²) in [5.74, 6) is -4.07. The quantitative estimate of drug-likeness (QED) is 0.479. The average Bonchev–Trinajstić information content (AvgIpc) is 3.16. The Balaban J connectivity index is 1.30. The minimum atomic E-state index is -2.58. The van der Waals surface area contributed by atoms with E-state index in [4.69, 9.17) is 0 Å². The molecule has 0 radical (unpaired) electrons. The van der Waals surface area contributed by atoms with E-state index >= 15 is 4.39 Å². The highest BCUT2D eigenvalue weighted by Gasteiger charge is 2.43. The molecule has 5 rings (SSSR count). The van der Waals surface area contributed by atoms with Gasteiger partial charge < -0.3 is 10.2 Å². The number of halogens is 3. The molecule has 0 bridgehead atoms. The fraction of sp³-hybridized carbons (Fsp3) is 0.654. The maximum atomic E-state index is 15.7. The number of nitrogens with one attached hydrogen (secondary N) is 2. The van der Waals surface area contributed by atoms with Gasteiger partial charge in [0, 0.05) is 36.4 Å². The van der Waals surface area contributed by atoms with Crippen LogP contribution in [0.3, 0.4) is 0 Å². The van der Waals surface area contributed by atoms with E-state index in [-0.39, 0.29) is 67.0 Å². The molecule has 36 heavy (non-hydrogen) atoms. The van der Waals surface area contributed by atoms with E-state index in [1.165, 1.54) is 4.90 Å². The molecule has 2 saturated carbocycles. The van der Waals surface area contributed by atoms with Gasteiger partial charge in [-0.05, 0) is 61.5 Å². The van der Waals surface area contributed by atoms with Gasteiger partial charge in [0.15, 0.2) is 0 Å². The number of alkyl halides is 2. The largest absolute Gasteiger partial charge is 0.322 e. The number of hydrogen-bond donors (Lipinski definition) is 2. The number of fused-ring (bicyclic) bond motifs is 1. The Morgan fingerprint density at radius 1 is 1.06 bits per heavy atom. The van der Waals surface area contributed by atoms with Gasteiger partial charge in [-0.25, -0.2) is 13.2 Å². The number of imide groups is 1. The Morgan fingerprint density at radius 2 is 1.78 bits per heavy atom. The zero-order chi connectivity index (χ0) is 25.7. The first-order valence-electron chi connectivity index (χ1n) is 13.2. The van der Waals surface area contributed by atoms with Crippen LogP contribution < -0.4 is 10.6 Å². The molecule has 1 saturated heterocycles. The molecule has 0 spiro atoms. The van der Waals surface area contributed by atoms with Crippen LogP contribution >= 0.6 is 0 Å². The number of carbonyl (C=O) groups excluding carboxylic acids is 3. The van der Waals surface area contributed by atoms with Crippen LogP contribution in [0.2, 0.25) is 0 Å². The molecule has 0 aromatic heterocycles. The minimum absolute atomic E-state index is 0.0126. The van der Waals surface area contributed by atoms with Crippen LogP contribution in [0.15, 0.2) is 12.1 Å². The topological polar surface area (TPSA) is 78.5 Å². The second-order valence-electron chi connectivity index (χ2n) is 11.4. The average molecular weight is 503 g/mol. The predicted octanol–water partition coefficient (Wildman–Crippen LogP) is 2.82. The first-order valence-corrected chi connectivity index (χ1v) is 13.2. The molecule has 2 heterocycles. The summed E-state index contributed by atoms with van der Waals surface area (Å²) in [6, 6.07) is 2.68. The Bertz CT molecular complexity index is 1070. The number of nitrogens with zero attached hydrogens (tertiary/aromatic N) is 1. The van der Waals surface area contributed by atoms with Crippen LogP contribution in [-0.2, 0) is 22.6 Å². The third-order valence-electron chi connectivity index (χ3n) is 8.74. The lowest BCUT2D eigenvalue weighted by atomic mass is 9.65. The number of rotatable bonds is 5. The number of benzene rings is 1. The lowest BCUT2D eigenvalue weighted by Crippen LogP contribution is -2.57. The SMILES string of the molecule is BC1(N[C@H]2CCCC[C@@H]2Cc2ccc3c(c2F)CN(C2CCC(=O)NC2=O)C3=O)CCC(F)(F)CC1. The van der Waals surface area contributed by atoms with Crippen LogP contribution in [0.1, 0.15) is 85.7 Å². The van der Waals surface area contributed by atoms with Crippen molar-refractivity contribution in [2.75, 3.05) is 0 Å². The van der Waals surface area contributed by atoms with Crippen molar-refractivity contribution in [2.24, 2.45) is 5.92 Å². The summed E-state index contributed by atoms with van der Waals surface area (Å²) in [7, 11) is 2.03. The molecule has 3 atom stereocenters. The molecular weight excluding hydrogens is 470 g/mol. The van der Waals surface area contributed by atoms with E-state index in [0.717, 1.165) is 25.7 Å². The summed E-state index contributed by atoms with van der Waals surface area (Å²) in [6.45, 7) is 0.0126. The molecule has 1 aromatic rings. The van der Waals surface area contributed by atoms with E-state index < -0.39 is 23.7 Å². The molecule has 2 aliphatic heterocycles. The molecule has 1 aromatic carbocycles. The smallest absolute Gasteiger partial charge is 0.255 e. The second kappa shape index (κ2) is 9.51. The van der Waals surface area contributed by atoms with Crippen molar-refractivity contribution in [3.8, 4) is 0 Å². The summed E-state index contributed by atoms with van der Waals surface area (Å²) < 4.78 is 43.2. The van der Waals surface area contributed by atoms with Crippen molar-refractivity contribution < 1.29 is 27.6 Å². The molecule has 10 heteroatoms.